The average molecular weight is 367 g/mol. The van der Waals surface area contributed by atoms with Crippen LogP contribution in [0.15, 0.2) is 41.7 Å². The van der Waals surface area contributed by atoms with Crippen LogP contribution in [0.2, 0.25) is 0 Å². The molecular weight excluding hydrogens is 346 g/mol. The Kier molecular flexibility index (Phi) is 4.63. The molecule has 0 bridgehead atoms. The van der Waals surface area contributed by atoms with E-state index in [1.54, 1.807) is 6.20 Å². The first-order valence-corrected chi connectivity index (χ1v) is 9.79. The van der Waals surface area contributed by atoms with Crippen LogP contribution in [-0.4, -0.2) is 30.9 Å². The summed E-state index contributed by atoms with van der Waals surface area (Å²) < 4.78 is 2.13. The summed E-state index contributed by atoms with van der Waals surface area (Å²) in [5, 5.41) is 13.2. The lowest BCUT2D eigenvalue weighted by Crippen LogP contribution is -2.23. The van der Waals surface area contributed by atoms with Gasteiger partial charge in [0.2, 0.25) is 5.91 Å². The lowest BCUT2D eigenvalue weighted by Gasteiger charge is -2.13. The number of carbonyl (C=O) groups is 1. The van der Waals surface area contributed by atoms with Crippen molar-refractivity contribution < 1.29 is 4.79 Å². The molecule has 0 spiro atoms. The van der Waals surface area contributed by atoms with Crippen LogP contribution >= 0.6 is 11.8 Å². The molecule has 6 nitrogen and oxygen atoms in total. The Morgan fingerprint density at radius 2 is 2.15 bits per heavy atom. The minimum absolute atomic E-state index is 0.0509. The molecule has 0 aliphatic heterocycles. The van der Waals surface area contributed by atoms with E-state index in [1.807, 2.05) is 37.3 Å². The fourth-order valence-corrected chi connectivity index (χ4v) is 3.91. The Labute approximate surface area is 156 Å². The number of benzene rings is 1. The summed E-state index contributed by atoms with van der Waals surface area (Å²) in [6.07, 6.45) is 4.13. The molecule has 0 saturated heterocycles. The van der Waals surface area contributed by atoms with Gasteiger partial charge in [0, 0.05) is 24.0 Å². The van der Waals surface area contributed by atoms with Crippen molar-refractivity contribution in [3.05, 3.63) is 42.4 Å². The monoisotopic (exact) mass is 367 g/mol. The number of rotatable bonds is 6. The molecule has 1 atom stereocenters. The zero-order valence-corrected chi connectivity index (χ0v) is 15.7. The third-order valence-electron chi connectivity index (χ3n) is 4.56. The zero-order valence-electron chi connectivity index (χ0n) is 14.8. The molecule has 2 heterocycles. The maximum atomic E-state index is 12.7. The molecule has 7 heteroatoms. The maximum Gasteiger partial charge on any atom is 0.237 e. The van der Waals surface area contributed by atoms with E-state index < -0.39 is 0 Å². The second-order valence-corrected chi connectivity index (χ2v) is 7.79. The number of amides is 1. The predicted octanol–water partition coefficient (Wildman–Crippen LogP) is 3.84. The van der Waals surface area contributed by atoms with Gasteiger partial charge < -0.3 is 9.88 Å². The van der Waals surface area contributed by atoms with Gasteiger partial charge in [0.05, 0.1) is 16.5 Å². The van der Waals surface area contributed by atoms with Gasteiger partial charge in [-0.05, 0) is 51.0 Å². The highest BCUT2D eigenvalue weighted by Crippen LogP contribution is 2.40. The molecule has 4 rings (SSSR count). The largest absolute Gasteiger partial charge is 0.324 e. The quantitative estimate of drug-likeness (QED) is 0.670. The molecule has 1 amide bonds. The minimum Gasteiger partial charge on any atom is -0.324 e. The van der Waals surface area contributed by atoms with Gasteiger partial charge in [-0.15, -0.1) is 10.2 Å². The van der Waals surface area contributed by atoms with Crippen molar-refractivity contribution in [1.82, 2.24) is 19.7 Å². The highest BCUT2D eigenvalue weighted by atomic mass is 32.2. The van der Waals surface area contributed by atoms with Gasteiger partial charge in [-0.3, -0.25) is 9.78 Å². The molecule has 1 saturated carbocycles. The molecular formula is C19H21N5OS. The van der Waals surface area contributed by atoms with Crippen LogP contribution in [0.25, 0.3) is 10.9 Å². The Bertz CT molecular complexity index is 945. The van der Waals surface area contributed by atoms with E-state index in [1.165, 1.54) is 24.6 Å². The van der Waals surface area contributed by atoms with Crippen molar-refractivity contribution >= 4 is 34.3 Å². The van der Waals surface area contributed by atoms with E-state index >= 15 is 0 Å². The van der Waals surface area contributed by atoms with Crippen molar-refractivity contribution in [3.63, 3.8) is 0 Å². The molecule has 1 aliphatic rings. The number of hydrogen-bond donors (Lipinski definition) is 1. The standard InChI is InChI=1S/C19H21N5OS/c1-3-24-17(13-9-10-13)22-23-19(24)26-12(2)18(25)21-16-8-4-7-15-14(16)6-5-11-20-15/h4-8,11-13H,3,9-10H2,1-2H3,(H,21,25). The van der Waals surface area contributed by atoms with E-state index in [0.717, 1.165) is 34.1 Å². The van der Waals surface area contributed by atoms with Gasteiger partial charge in [0.25, 0.3) is 0 Å². The summed E-state index contributed by atoms with van der Waals surface area (Å²) in [7, 11) is 0. The van der Waals surface area contributed by atoms with E-state index in [2.05, 4.69) is 32.0 Å². The lowest BCUT2D eigenvalue weighted by atomic mass is 10.2. The van der Waals surface area contributed by atoms with Gasteiger partial charge in [-0.25, -0.2) is 0 Å². The van der Waals surface area contributed by atoms with Crippen molar-refractivity contribution in [3.8, 4) is 0 Å². The van der Waals surface area contributed by atoms with Crippen molar-refractivity contribution in [2.45, 2.75) is 49.6 Å². The summed E-state index contributed by atoms with van der Waals surface area (Å²) >= 11 is 1.46. The summed E-state index contributed by atoms with van der Waals surface area (Å²) in [5.74, 6) is 1.55. The number of nitrogens with zero attached hydrogens (tertiary/aromatic N) is 4. The Morgan fingerprint density at radius 3 is 2.92 bits per heavy atom. The second-order valence-electron chi connectivity index (χ2n) is 6.48. The van der Waals surface area contributed by atoms with Gasteiger partial charge >= 0.3 is 0 Å². The third-order valence-corrected chi connectivity index (χ3v) is 5.64. The van der Waals surface area contributed by atoms with E-state index in [-0.39, 0.29) is 11.2 Å². The molecule has 1 aliphatic carbocycles. The number of nitrogens with one attached hydrogen (secondary N) is 1. The minimum atomic E-state index is -0.275. The summed E-state index contributed by atoms with van der Waals surface area (Å²) in [5.41, 5.74) is 1.65. The number of fused-ring (bicyclic) bond motifs is 1. The Hall–Kier alpha value is -2.41. The van der Waals surface area contributed by atoms with Crippen LogP contribution in [0.3, 0.4) is 0 Å². The van der Waals surface area contributed by atoms with Crippen LogP contribution in [0, 0.1) is 0 Å². The normalized spacial score (nSPS) is 15.2. The Balaban J connectivity index is 1.50. The van der Waals surface area contributed by atoms with Crippen molar-refractivity contribution in [2.24, 2.45) is 0 Å². The molecule has 134 valence electrons. The van der Waals surface area contributed by atoms with E-state index in [0.29, 0.717) is 5.92 Å². The van der Waals surface area contributed by atoms with Crippen LogP contribution in [-0.2, 0) is 11.3 Å². The third kappa shape index (κ3) is 3.31. The van der Waals surface area contributed by atoms with E-state index in [9.17, 15) is 4.79 Å². The number of carbonyl (C=O) groups excluding carboxylic acids is 1. The number of anilines is 1. The number of pyridine rings is 1. The smallest absolute Gasteiger partial charge is 0.237 e. The molecule has 1 fully saturated rings. The maximum absolute atomic E-state index is 12.7. The van der Waals surface area contributed by atoms with Crippen molar-refractivity contribution in [2.75, 3.05) is 5.32 Å². The molecule has 1 unspecified atom stereocenters. The van der Waals surface area contributed by atoms with Crippen molar-refractivity contribution in [1.29, 1.82) is 0 Å². The first kappa shape index (κ1) is 17.0. The summed E-state index contributed by atoms with van der Waals surface area (Å²) in [6, 6.07) is 9.58. The van der Waals surface area contributed by atoms with E-state index in [4.69, 9.17) is 0 Å². The SMILES string of the molecule is CCn1c(SC(C)C(=O)Nc2cccc3ncccc23)nnc1C1CC1. The highest BCUT2D eigenvalue weighted by Gasteiger charge is 2.30. The van der Waals surface area contributed by atoms with Crippen LogP contribution < -0.4 is 5.32 Å². The van der Waals surface area contributed by atoms with Crippen LogP contribution in [0.5, 0.6) is 0 Å². The number of thioether (sulfide) groups is 1. The second kappa shape index (κ2) is 7.07. The molecule has 3 aromatic rings. The molecule has 2 aromatic heterocycles. The van der Waals surface area contributed by atoms with Crippen LogP contribution in [0.1, 0.15) is 38.4 Å². The van der Waals surface area contributed by atoms with Gasteiger partial charge in [0.1, 0.15) is 5.82 Å². The van der Waals surface area contributed by atoms with Gasteiger partial charge in [-0.2, -0.15) is 0 Å². The lowest BCUT2D eigenvalue weighted by molar-refractivity contribution is -0.115. The Morgan fingerprint density at radius 1 is 1.31 bits per heavy atom. The molecule has 0 radical (unpaired) electrons. The molecule has 1 N–H and O–H groups in total. The highest BCUT2D eigenvalue weighted by molar-refractivity contribution is 8.00. The summed E-state index contributed by atoms with van der Waals surface area (Å²) in [6.45, 7) is 4.81. The van der Waals surface area contributed by atoms with Gasteiger partial charge in [0.15, 0.2) is 5.16 Å². The summed E-state index contributed by atoms with van der Waals surface area (Å²) in [4.78, 5) is 17.0. The van der Waals surface area contributed by atoms with Gasteiger partial charge in [-0.1, -0.05) is 17.8 Å². The first-order valence-electron chi connectivity index (χ1n) is 8.91. The first-order chi connectivity index (χ1) is 12.7. The fraction of sp³-hybridized carbons (Fsp3) is 0.368. The fourth-order valence-electron chi connectivity index (χ4n) is 2.99. The molecule has 26 heavy (non-hydrogen) atoms. The number of aromatic nitrogens is 4. The molecule has 1 aromatic carbocycles. The average Bonchev–Trinajstić information content (AvgIpc) is 3.43. The van der Waals surface area contributed by atoms with Crippen LogP contribution in [0.4, 0.5) is 5.69 Å². The topological polar surface area (TPSA) is 72.7 Å². The zero-order chi connectivity index (χ0) is 18.1. The predicted molar refractivity (Wildman–Crippen MR) is 103 cm³/mol. The number of hydrogen-bond acceptors (Lipinski definition) is 5.